The smallest absolute Gasteiger partial charge is 0.227 e. The fourth-order valence-corrected chi connectivity index (χ4v) is 2.96. The lowest BCUT2D eigenvalue weighted by atomic mass is 10.0. The highest BCUT2D eigenvalue weighted by atomic mass is 16.2. The van der Waals surface area contributed by atoms with Gasteiger partial charge in [-0.05, 0) is 37.8 Å². The zero-order chi connectivity index (χ0) is 15.4. The van der Waals surface area contributed by atoms with Crippen molar-refractivity contribution in [3.8, 4) is 11.4 Å². The van der Waals surface area contributed by atoms with E-state index in [1.54, 1.807) is 18.5 Å². The topological polar surface area (TPSA) is 46.1 Å². The second kappa shape index (κ2) is 6.69. The van der Waals surface area contributed by atoms with E-state index in [1.165, 1.54) is 6.42 Å². The van der Waals surface area contributed by atoms with Crippen LogP contribution in [0.4, 0.5) is 0 Å². The van der Waals surface area contributed by atoms with Crippen molar-refractivity contribution >= 4 is 5.91 Å². The molecule has 2 aromatic rings. The average Bonchev–Trinajstić information content (AvgIpc) is 2.57. The number of likely N-dealkylation sites (tertiary alicyclic amines) is 1. The third-order valence-electron chi connectivity index (χ3n) is 4.26. The highest BCUT2D eigenvalue weighted by Crippen LogP contribution is 2.19. The zero-order valence-electron chi connectivity index (χ0n) is 12.9. The number of aromatic nitrogens is 2. The van der Waals surface area contributed by atoms with Crippen molar-refractivity contribution in [1.82, 2.24) is 14.9 Å². The third-order valence-corrected chi connectivity index (χ3v) is 4.26. The minimum atomic E-state index is 0.232. The van der Waals surface area contributed by atoms with Gasteiger partial charge in [0.2, 0.25) is 5.91 Å². The molecule has 4 heteroatoms. The molecule has 2 heterocycles. The molecule has 0 saturated carbocycles. The van der Waals surface area contributed by atoms with Gasteiger partial charge >= 0.3 is 0 Å². The van der Waals surface area contributed by atoms with E-state index in [1.807, 2.05) is 29.2 Å². The molecule has 1 aromatic heterocycles. The molecule has 114 valence electrons. The molecule has 1 aromatic carbocycles. The van der Waals surface area contributed by atoms with Crippen LogP contribution in [0.15, 0.2) is 42.7 Å². The van der Waals surface area contributed by atoms with Crippen LogP contribution in [0.5, 0.6) is 0 Å². The van der Waals surface area contributed by atoms with Crippen molar-refractivity contribution in [3.63, 3.8) is 0 Å². The van der Waals surface area contributed by atoms with Gasteiger partial charge in [0.1, 0.15) is 0 Å². The molecule has 0 bridgehead atoms. The summed E-state index contributed by atoms with van der Waals surface area (Å²) in [5.74, 6) is 0.945. The Hall–Kier alpha value is -2.23. The highest BCUT2D eigenvalue weighted by molar-refractivity contribution is 5.79. The van der Waals surface area contributed by atoms with E-state index in [4.69, 9.17) is 0 Å². The van der Waals surface area contributed by atoms with Crippen LogP contribution < -0.4 is 0 Å². The van der Waals surface area contributed by atoms with Gasteiger partial charge in [0, 0.05) is 30.5 Å². The largest absolute Gasteiger partial charge is 0.340 e. The Morgan fingerprint density at radius 3 is 2.59 bits per heavy atom. The van der Waals surface area contributed by atoms with Gasteiger partial charge in [-0.15, -0.1) is 0 Å². The number of carbonyl (C=O) groups excluding carboxylic acids is 1. The zero-order valence-corrected chi connectivity index (χ0v) is 12.9. The molecule has 1 fully saturated rings. The van der Waals surface area contributed by atoms with E-state index in [9.17, 15) is 4.79 Å². The van der Waals surface area contributed by atoms with Crippen molar-refractivity contribution in [2.75, 3.05) is 6.54 Å². The Kier molecular flexibility index (Phi) is 4.47. The summed E-state index contributed by atoms with van der Waals surface area (Å²) >= 11 is 0. The predicted octanol–water partition coefficient (Wildman–Crippen LogP) is 3.09. The molecule has 0 radical (unpaired) electrons. The van der Waals surface area contributed by atoms with E-state index in [0.717, 1.165) is 30.5 Å². The van der Waals surface area contributed by atoms with E-state index in [0.29, 0.717) is 18.3 Å². The number of rotatable bonds is 3. The van der Waals surface area contributed by atoms with Crippen LogP contribution in [0.3, 0.4) is 0 Å². The lowest BCUT2D eigenvalue weighted by molar-refractivity contribution is -0.133. The molecule has 22 heavy (non-hydrogen) atoms. The SMILES string of the molecule is C[C@H]1CCCCN1C(=O)Cc1ccc(-c2ncccn2)cc1. The Labute approximate surface area is 131 Å². The molecule has 1 atom stereocenters. The van der Waals surface area contributed by atoms with Gasteiger partial charge in [-0.3, -0.25) is 4.79 Å². The first-order valence-electron chi connectivity index (χ1n) is 7.90. The standard InChI is InChI=1S/C18H21N3O/c1-14-5-2-3-12-21(14)17(22)13-15-6-8-16(9-7-15)18-19-10-4-11-20-18/h4,6-11,14H,2-3,5,12-13H2,1H3/t14-/m0/s1. The van der Waals surface area contributed by atoms with E-state index < -0.39 is 0 Å². The first-order chi connectivity index (χ1) is 10.7. The van der Waals surface area contributed by atoms with Crippen LogP contribution in [0.2, 0.25) is 0 Å². The van der Waals surface area contributed by atoms with Gasteiger partial charge in [-0.2, -0.15) is 0 Å². The van der Waals surface area contributed by atoms with Crippen LogP contribution in [0.1, 0.15) is 31.7 Å². The second-order valence-corrected chi connectivity index (χ2v) is 5.88. The maximum atomic E-state index is 12.4. The average molecular weight is 295 g/mol. The summed E-state index contributed by atoms with van der Waals surface area (Å²) in [6, 6.07) is 10.1. The Bertz CT molecular complexity index is 625. The monoisotopic (exact) mass is 295 g/mol. The summed E-state index contributed by atoms with van der Waals surface area (Å²) in [5.41, 5.74) is 2.02. The van der Waals surface area contributed by atoms with Crippen molar-refractivity contribution in [1.29, 1.82) is 0 Å². The van der Waals surface area contributed by atoms with Gasteiger partial charge in [-0.1, -0.05) is 24.3 Å². The lowest BCUT2D eigenvalue weighted by Gasteiger charge is -2.33. The molecule has 0 spiro atoms. The summed E-state index contributed by atoms with van der Waals surface area (Å²) in [7, 11) is 0. The number of piperidine rings is 1. The van der Waals surface area contributed by atoms with E-state index in [2.05, 4.69) is 16.9 Å². The van der Waals surface area contributed by atoms with E-state index >= 15 is 0 Å². The minimum Gasteiger partial charge on any atom is -0.340 e. The van der Waals surface area contributed by atoms with Crippen LogP contribution in [0, 0.1) is 0 Å². The Morgan fingerprint density at radius 1 is 1.18 bits per heavy atom. The fraction of sp³-hybridized carbons (Fsp3) is 0.389. The molecule has 1 saturated heterocycles. The Balaban J connectivity index is 1.67. The van der Waals surface area contributed by atoms with Crippen molar-refractivity contribution in [3.05, 3.63) is 48.3 Å². The first kappa shape index (κ1) is 14.7. The van der Waals surface area contributed by atoms with Gasteiger partial charge in [-0.25, -0.2) is 9.97 Å². The van der Waals surface area contributed by atoms with Crippen molar-refractivity contribution in [2.45, 2.75) is 38.6 Å². The number of hydrogen-bond acceptors (Lipinski definition) is 3. The van der Waals surface area contributed by atoms with Gasteiger partial charge < -0.3 is 4.90 Å². The number of benzene rings is 1. The second-order valence-electron chi connectivity index (χ2n) is 5.88. The van der Waals surface area contributed by atoms with Crippen molar-refractivity contribution in [2.24, 2.45) is 0 Å². The quantitative estimate of drug-likeness (QED) is 0.874. The molecule has 3 rings (SSSR count). The van der Waals surface area contributed by atoms with Crippen LogP contribution in [-0.4, -0.2) is 33.4 Å². The van der Waals surface area contributed by atoms with Crippen molar-refractivity contribution < 1.29 is 4.79 Å². The van der Waals surface area contributed by atoms with E-state index in [-0.39, 0.29) is 5.91 Å². The maximum absolute atomic E-state index is 12.4. The first-order valence-corrected chi connectivity index (χ1v) is 7.90. The van der Waals surface area contributed by atoms with Gasteiger partial charge in [0.05, 0.1) is 6.42 Å². The molecule has 0 aliphatic carbocycles. The number of hydrogen-bond donors (Lipinski definition) is 0. The fourth-order valence-electron chi connectivity index (χ4n) is 2.96. The summed E-state index contributed by atoms with van der Waals surface area (Å²) in [5, 5.41) is 0. The van der Waals surface area contributed by atoms with Crippen LogP contribution in [0.25, 0.3) is 11.4 Å². The molecule has 4 nitrogen and oxygen atoms in total. The normalized spacial score (nSPS) is 18.2. The van der Waals surface area contributed by atoms with Crippen LogP contribution >= 0.6 is 0 Å². The molecular formula is C18H21N3O. The summed E-state index contributed by atoms with van der Waals surface area (Å²) < 4.78 is 0. The maximum Gasteiger partial charge on any atom is 0.227 e. The number of nitrogens with zero attached hydrogens (tertiary/aromatic N) is 3. The summed E-state index contributed by atoms with van der Waals surface area (Å²) in [4.78, 5) is 22.9. The van der Waals surface area contributed by atoms with Gasteiger partial charge in [0.15, 0.2) is 5.82 Å². The minimum absolute atomic E-state index is 0.232. The number of carbonyl (C=O) groups is 1. The lowest BCUT2D eigenvalue weighted by Crippen LogP contribution is -2.42. The molecule has 1 aliphatic rings. The number of amides is 1. The molecule has 0 unspecified atom stereocenters. The predicted molar refractivity (Wildman–Crippen MR) is 86.2 cm³/mol. The molecule has 1 aliphatic heterocycles. The van der Waals surface area contributed by atoms with Gasteiger partial charge in [0.25, 0.3) is 0 Å². The highest BCUT2D eigenvalue weighted by Gasteiger charge is 2.22. The third kappa shape index (κ3) is 3.32. The Morgan fingerprint density at radius 2 is 1.91 bits per heavy atom. The molecular weight excluding hydrogens is 274 g/mol. The molecule has 1 amide bonds. The summed E-state index contributed by atoms with van der Waals surface area (Å²) in [6.07, 6.45) is 7.42. The van der Waals surface area contributed by atoms with Crippen LogP contribution in [-0.2, 0) is 11.2 Å². The molecule has 0 N–H and O–H groups in total. The summed E-state index contributed by atoms with van der Waals surface area (Å²) in [6.45, 7) is 3.04.